The van der Waals surface area contributed by atoms with Crippen LogP contribution in [0.1, 0.15) is 25.6 Å². The molecule has 6 nitrogen and oxygen atoms in total. The molecule has 0 saturated heterocycles. The van der Waals surface area contributed by atoms with E-state index in [4.69, 9.17) is 9.26 Å². The summed E-state index contributed by atoms with van der Waals surface area (Å²) in [4.78, 5) is 18.1. The van der Waals surface area contributed by atoms with Crippen LogP contribution in [-0.4, -0.2) is 40.2 Å². The summed E-state index contributed by atoms with van der Waals surface area (Å²) in [5.74, 6) is 0.927. The van der Waals surface area contributed by atoms with Gasteiger partial charge in [-0.15, -0.1) is 0 Å². The number of hydrogen-bond acceptors (Lipinski definition) is 7. The minimum atomic E-state index is -0.203. The number of ether oxygens (including phenoxy) is 1. The molecule has 0 radical (unpaired) electrons. The molecule has 0 amide bonds. The molecule has 3 rings (SSSR count). The molecule has 2 heterocycles. The van der Waals surface area contributed by atoms with Crippen LogP contribution in [0.3, 0.4) is 0 Å². The number of esters is 1. The molecular formula is C14H17N3O3S. The van der Waals surface area contributed by atoms with Gasteiger partial charge in [0.25, 0.3) is 5.89 Å². The number of hydrogen-bond donors (Lipinski definition) is 0. The molecule has 1 saturated carbocycles. The zero-order valence-corrected chi connectivity index (χ0v) is 12.6. The molecule has 0 N–H and O–H groups in total. The number of nitrogens with zero attached hydrogens (tertiary/aromatic N) is 3. The first-order chi connectivity index (χ1) is 10.3. The van der Waals surface area contributed by atoms with Crippen LogP contribution in [0.4, 0.5) is 0 Å². The van der Waals surface area contributed by atoms with Crippen molar-refractivity contribution in [2.75, 3.05) is 13.2 Å². The summed E-state index contributed by atoms with van der Waals surface area (Å²) in [6.45, 7) is 3.01. The average molecular weight is 307 g/mol. The van der Waals surface area contributed by atoms with Crippen LogP contribution >= 0.6 is 11.3 Å². The van der Waals surface area contributed by atoms with Gasteiger partial charge < -0.3 is 9.26 Å². The number of rotatable bonds is 7. The molecule has 0 atom stereocenters. The van der Waals surface area contributed by atoms with Crippen molar-refractivity contribution >= 4 is 17.3 Å². The first-order valence-electron chi connectivity index (χ1n) is 7.01. The molecule has 1 aliphatic carbocycles. The molecule has 0 bridgehead atoms. The average Bonchev–Trinajstić information content (AvgIpc) is 2.98. The number of aromatic nitrogens is 2. The highest BCUT2D eigenvalue weighted by Gasteiger charge is 2.31. The Hall–Kier alpha value is -1.73. The number of thiophene rings is 1. The second-order valence-corrected chi connectivity index (χ2v) is 5.75. The Morgan fingerprint density at radius 3 is 3.10 bits per heavy atom. The molecule has 1 aliphatic rings. The topological polar surface area (TPSA) is 68.5 Å². The smallest absolute Gasteiger partial charge is 0.320 e. The first-order valence-corrected chi connectivity index (χ1v) is 7.95. The van der Waals surface area contributed by atoms with Crippen molar-refractivity contribution in [2.45, 2.75) is 32.4 Å². The Morgan fingerprint density at radius 2 is 2.43 bits per heavy atom. The van der Waals surface area contributed by atoms with Crippen LogP contribution in [-0.2, 0) is 16.1 Å². The lowest BCUT2D eigenvalue weighted by molar-refractivity contribution is -0.144. The molecule has 112 valence electrons. The molecule has 0 unspecified atom stereocenters. The lowest BCUT2D eigenvalue weighted by Gasteiger charge is -2.18. The second-order valence-electron chi connectivity index (χ2n) is 4.97. The third-order valence-electron chi connectivity index (χ3n) is 3.28. The van der Waals surface area contributed by atoms with Gasteiger partial charge >= 0.3 is 5.97 Å². The molecule has 21 heavy (non-hydrogen) atoms. The van der Waals surface area contributed by atoms with Crippen molar-refractivity contribution in [3.05, 3.63) is 22.7 Å². The molecule has 0 aliphatic heterocycles. The zero-order chi connectivity index (χ0) is 14.7. The Kier molecular flexibility index (Phi) is 4.31. The van der Waals surface area contributed by atoms with Gasteiger partial charge in [0.05, 0.1) is 25.3 Å². The van der Waals surface area contributed by atoms with Crippen LogP contribution in [0.25, 0.3) is 11.5 Å². The highest BCUT2D eigenvalue weighted by Crippen LogP contribution is 2.28. The van der Waals surface area contributed by atoms with E-state index in [1.807, 2.05) is 23.8 Å². The quantitative estimate of drug-likeness (QED) is 0.731. The van der Waals surface area contributed by atoms with Gasteiger partial charge in [-0.3, -0.25) is 9.69 Å². The number of carbonyl (C=O) groups excluding carboxylic acids is 1. The van der Waals surface area contributed by atoms with Crippen molar-refractivity contribution < 1.29 is 14.1 Å². The lowest BCUT2D eigenvalue weighted by atomic mass is 10.3. The van der Waals surface area contributed by atoms with Gasteiger partial charge in [0.15, 0.2) is 5.82 Å². The summed E-state index contributed by atoms with van der Waals surface area (Å²) >= 11 is 1.59. The van der Waals surface area contributed by atoms with Crippen LogP contribution in [0.15, 0.2) is 21.3 Å². The summed E-state index contributed by atoms with van der Waals surface area (Å²) in [5, 5.41) is 7.94. The predicted molar refractivity (Wildman–Crippen MR) is 77.7 cm³/mol. The molecule has 1 fully saturated rings. The summed E-state index contributed by atoms with van der Waals surface area (Å²) in [5.41, 5.74) is 0.933. The van der Waals surface area contributed by atoms with Gasteiger partial charge in [-0.2, -0.15) is 16.3 Å². The Morgan fingerprint density at radius 1 is 1.57 bits per heavy atom. The number of carbonyl (C=O) groups is 1. The van der Waals surface area contributed by atoms with E-state index in [9.17, 15) is 4.79 Å². The van der Waals surface area contributed by atoms with E-state index < -0.39 is 0 Å². The van der Waals surface area contributed by atoms with Gasteiger partial charge in [-0.1, -0.05) is 5.16 Å². The standard InChI is InChI=1S/C14H17N3O3S/c1-2-19-13(18)8-17(11-3-4-11)7-12-15-14(20-16-12)10-5-6-21-9-10/h5-6,9,11H,2-4,7-8H2,1H3. The SMILES string of the molecule is CCOC(=O)CN(Cc1noc(-c2ccsc2)n1)C1CC1. The highest BCUT2D eigenvalue weighted by atomic mass is 32.1. The summed E-state index contributed by atoms with van der Waals surface area (Å²) in [7, 11) is 0. The fourth-order valence-electron chi connectivity index (χ4n) is 2.13. The summed E-state index contributed by atoms with van der Waals surface area (Å²) < 4.78 is 10.3. The molecule has 0 spiro atoms. The van der Waals surface area contributed by atoms with E-state index in [1.165, 1.54) is 0 Å². The van der Waals surface area contributed by atoms with E-state index >= 15 is 0 Å². The zero-order valence-electron chi connectivity index (χ0n) is 11.8. The van der Waals surface area contributed by atoms with E-state index in [0.717, 1.165) is 18.4 Å². The minimum Gasteiger partial charge on any atom is -0.465 e. The largest absolute Gasteiger partial charge is 0.465 e. The van der Waals surface area contributed by atoms with Crippen molar-refractivity contribution in [1.29, 1.82) is 0 Å². The van der Waals surface area contributed by atoms with Gasteiger partial charge in [0.2, 0.25) is 0 Å². The fraction of sp³-hybridized carbons (Fsp3) is 0.500. The van der Waals surface area contributed by atoms with Crippen LogP contribution in [0.5, 0.6) is 0 Å². The van der Waals surface area contributed by atoms with Crippen LogP contribution < -0.4 is 0 Å². The van der Waals surface area contributed by atoms with Gasteiger partial charge in [0, 0.05) is 11.4 Å². The van der Waals surface area contributed by atoms with E-state index in [-0.39, 0.29) is 12.5 Å². The first kappa shape index (κ1) is 14.2. The van der Waals surface area contributed by atoms with E-state index in [2.05, 4.69) is 15.0 Å². The summed E-state index contributed by atoms with van der Waals surface area (Å²) in [6.07, 6.45) is 2.21. The predicted octanol–water partition coefficient (Wildman–Crippen LogP) is 2.33. The summed E-state index contributed by atoms with van der Waals surface area (Å²) in [6, 6.07) is 2.37. The van der Waals surface area contributed by atoms with Crippen molar-refractivity contribution in [3.63, 3.8) is 0 Å². The Labute approximate surface area is 126 Å². The minimum absolute atomic E-state index is 0.203. The van der Waals surface area contributed by atoms with Gasteiger partial charge in [-0.25, -0.2) is 0 Å². The van der Waals surface area contributed by atoms with Crippen molar-refractivity contribution in [1.82, 2.24) is 15.0 Å². The molecular weight excluding hydrogens is 290 g/mol. The molecule has 0 aromatic carbocycles. The highest BCUT2D eigenvalue weighted by molar-refractivity contribution is 7.08. The maximum Gasteiger partial charge on any atom is 0.320 e. The van der Waals surface area contributed by atoms with Gasteiger partial charge in [-0.05, 0) is 31.2 Å². The molecule has 2 aromatic heterocycles. The van der Waals surface area contributed by atoms with Gasteiger partial charge in [0.1, 0.15) is 0 Å². The van der Waals surface area contributed by atoms with Crippen LogP contribution in [0.2, 0.25) is 0 Å². The Bertz CT molecular complexity index is 592. The normalized spacial score (nSPS) is 14.6. The van der Waals surface area contributed by atoms with E-state index in [1.54, 1.807) is 11.3 Å². The third-order valence-corrected chi connectivity index (χ3v) is 3.96. The van der Waals surface area contributed by atoms with Crippen LogP contribution in [0, 0.1) is 0 Å². The molecule has 7 heteroatoms. The second kappa shape index (κ2) is 6.36. The monoisotopic (exact) mass is 307 g/mol. The lowest BCUT2D eigenvalue weighted by Crippen LogP contribution is -2.32. The Balaban J connectivity index is 1.64. The maximum absolute atomic E-state index is 11.6. The third kappa shape index (κ3) is 3.68. The van der Waals surface area contributed by atoms with E-state index in [0.29, 0.717) is 30.9 Å². The van der Waals surface area contributed by atoms with Crippen molar-refractivity contribution in [3.8, 4) is 11.5 Å². The van der Waals surface area contributed by atoms with Crippen molar-refractivity contribution in [2.24, 2.45) is 0 Å². The fourth-order valence-corrected chi connectivity index (χ4v) is 2.76. The maximum atomic E-state index is 11.6. The molecule has 2 aromatic rings.